The maximum absolute atomic E-state index is 6.24. The Bertz CT molecular complexity index is 399. The molecule has 1 aromatic rings. The van der Waals surface area contributed by atoms with Crippen LogP contribution in [0.5, 0.6) is 5.75 Å². The van der Waals surface area contributed by atoms with Crippen molar-refractivity contribution in [2.45, 2.75) is 33.3 Å². The van der Waals surface area contributed by atoms with Crippen LogP contribution in [0.1, 0.15) is 25.8 Å². The monoisotopic (exact) mass is 267 g/mol. The van der Waals surface area contributed by atoms with Crippen LogP contribution in [0.15, 0.2) is 18.2 Å². The number of halogens is 1. The molecule has 0 saturated carbocycles. The third-order valence-corrected chi connectivity index (χ3v) is 3.87. The number of hydrogen-bond donors (Lipinski definition) is 1. The van der Waals surface area contributed by atoms with Gasteiger partial charge in [-0.2, -0.15) is 0 Å². The molecule has 1 aromatic carbocycles. The van der Waals surface area contributed by atoms with E-state index in [2.05, 4.69) is 19.2 Å². The first-order valence-corrected chi connectivity index (χ1v) is 7.09. The number of aryl methyl sites for hydroxylation is 1. The molecule has 1 N–H and O–H groups in total. The van der Waals surface area contributed by atoms with Gasteiger partial charge in [-0.3, -0.25) is 0 Å². The summed E-state index contributed by atoms with van der Waals surface area (Å²) in [5.41, 5.74) is 1.16. The molecule has 18 heavy (non-hydrogen) atoms. The summed E-state index contributed by atoms with van der Waals surface area (Å²) in [5.74, 6) is 1.89. The van der Waals surface area contributed by atoms with E-state index in [1.807, 2.05) is 25.1 Å². The van der Waals surface area contributed by atoms with Crippen molar-refractivity contribution in [3.63, 3.8) is 0 Å². The molecule has 1 unspecified atom stereocenters. The van der Waals surface area contributed by atoms with E-state index in [-0.39, 0.29) is 6.10 Å². The summed E-state index contributed by atoms with van der Waals surface area (Å²) < 4.78 is 6.17. The molecule has 1 heterocycles. The van der Waals surface area contributed by atoms with E-state index >= 15 is 0 Å². The van der Waals surface area contributed by atoms with E-state index in [0.29, 0.717) is 16.9 Å². The number of rotatable bonds is 4. The second kappa shape index (κ2) is 5.94. The lowest BCUT2D eigenvalue weighted by Gasteiger charge is -2.28. The molecule has 0 radical (unpaired) electrons. The smallest absolute Gasteiger partial charge is 0.138 e. The first kappa shape index (κ1) is 13.7. The standard InChI is InChI=1S/C15H22ClNO/c1-10(2)15(12-6-7-17-9-12)18-14-5-4-11(3)8-13(14)16/h4-5,8,10,12,15,17H,6-7,9H2,1-3H3/t12?,15-/m0/s1. The number of benzene rings is 1. The van der Waals surface area contributed by atoms with Crippen LogP contribution >= 0.6 is 11.6 Å². The minimum atomic E-state index is 0.236. The Kier molecular flexibility index (Phi) is 4.52. The second-order valence-electron chi connectivity index (χ2n) is 5.51. The third kappa shape index (κ3) is 3.18. The molecule has 0 amide bonds. The van der Waals surface area contributed by atoms with Gasteiger partial charge in [0.05, 0.1) is 5.02 Å². The Morgan fingerprint density at radius 1 is 1.39 bits per heavy atom. The van der Waals surface area contributed by atoms with Crippen LogP contribution < -0.4 is 10.1 Å². The fraction of sp³-hybridized carbons (Fsp3) is 0.600. The van der Waals surface area contributed by atoms with Gasteiger partial charge < -0.3 is 10.1 Å². The van der Waals surface area contributed by atoms with Crippen molar-refractivity contribution >= 4 is 11.6 Å². The highest BCUT2D eigenvalue weighted by atomic mass is 35.5. The second-order valence-corrected chi connectivity index (χ2v) is 5.92. The van der Waals surface area contributed by atoms with Crippen molar-refractivity contribution in [1.29, 1.82) is 0 Å². The van der Waals surface area contributed by atoms with Crippen LogP contribution in [0.25, 0.3) is 0 Å². The van der Waals surface area contributed by atoms with E-state index in [4.69, 9.17) is 16.3 Å². The van der Waals surface area contributed by atoms with Crippen molar-refractivity contribution in [3.05, 3.63) is 28.8 Å². The third-order valence-electron chi connectivity index (χ3n) is 3.57. The molecule has 2 nitrogen and oxygen atoms in total. The molecule has 100 valence electrons. The van der Waals surface area contributed by atoms with Gasteiger partial charge in [0, 0.05) is 12.5 Å². The lowest BCUT2D eigenvalue weighted by Crippen LogP contribution is -2.33. The van der Waals surface area contributed by atoms with E-state index in [1.165, 1.54) is 6.42 Å². The van der Waals surface area contributed by atoms with Gasteiger partial charge in [0.15, 0.2) is 0 Å². The van der Waals surface area contributed by atoms with Crippen molar-refractivity contribution < 1.29 is 4.74 Å². The Hall–Kier alpha value is -0.730. The van der Waals surface area contributed by atoms with Gasteiger partial charge >= 0.3 is 0 Å². The maximum atomic E-state index is 6.24. The minimum absolute atomic E-state index is 0.236. The SMILES string of the molecule is Cc1ccc(O[C@@H](C(C)C)C2CCNC2)c(Cl)c1. The van der Waals surface area contributed by atoms with E-state index in [0.717, 1.165) is 24.4 Å². The van der Waals surface area contributed by atoms with Crippen molar-refractivity contribution in [3.8, 4) is 5.75 Å². The summed E-state index contributed by atoms with van der Waals surface area (Å²) in [4.78, 5) is 0. The average Bonchev–Trinajstić information content (AvgIpc) is 2.80. The lowest BCUT2D eigenvalue weighted by atomic mass is 9.92. The normalized spacial score (nSPS) is 21.3. The first-order valence-electron chi connectivity index (χ1n) is 6.71. The quantitative estimate of drug-likeness (QED) is 0.899. The van der Waals surface area contributed by atoms with E-state index < -0.39 is 0 Å². The molecule has 1 aliphatic heterocycles. The molecule has 1 fully saturated rings. The molecular weight excluding hydrogens is 246 g/mol. The fourth-order valence-electron chi connectivity index (χ4n) is 2.58. The van der Waals surface area contributed by atoms with Crippen molar-refractivity contribution in [2.75, 3.05) is 13.1 Å². The van der Waals surface area contributed by atoms with Gasteiger partial charge in [0.2, 0.25) is 0 Å². The summed E-state index contributed by atoms with van der Waals surface area (Å²) in [7, 11) is 0. The summed E-state index contributed by atoms with van der Waals surface area (Å²) in [6, 6.07) is 5.99. The molecule has 0 aliphatic carbocycles. The van der Waals surface area contributed by atoms with Crippen LogP contribution in [-0.2, 0) is 0 Å². The van der Waals surface area contributed by atoms with Crippen LogP contribution in [-0.4, -0.2) is 19.2 Å². The van der Waals surface area contributed by atoms with E-state index in [9.17, 15) is 0 Å². The molecule has 1 aliphatic rings. The zero-order chi connectivity index (χ0) is 13.1. The van der Waals surface area contributed by atoms with Crippen LogP contribution in [0.4, 0.5) is 0 Å². The lowest BCUT2D eigenvalue weighted by molar-refractivity contribution is 0.0974. The highest BCUT2D eigenvalue weighted by molar-refractivity contribution is 6.32. The molecule has 3 heteroatoms. The Morgan fingerprint density at radius 2 is 2.17 bits per heavy atom. The van der Waals surface area contributed by atoms with Crippen LogP contribution in [0, 0.1) is 18.8 Å². The molecule has 0 bridgehead atoms. The van der Waals surface area contributed by atoms with Crippen LogP contribution in [0.2, 0.25) is 5.02 Å². The fourth-order valence-corrected chi connectivity index (χ4v) is 2.86. The topological polar surface area (TPSA) is 21.3 Å². The molecular formula is C15H22ClNO. The van der Waals surface area contributed by atoms with E-state index in [1.54, 1.807) is 0 Å². The predicted molar refractivity (Wildman–Crippen MR) is 76.4 cm³/mol. The summed E-state index contributed by atoms with van der Waals surface area (Å²) >= 11 is 6.24. The highest BCUT2D eigenvalue weighted by Gasteiger charge is 2.29. The largest absolute Gasteiger partial charge is 0.488 e. The highest BCUT2D eigenvalue weighted by Crippen LogP contribution is 2.30. The van der Waals surface area contributed by atoms with Gasteiger partial charge in [0.1, 0.15) is 11.9 Å². The van der Waals surface area contributed by atoms with Crippen LogP contribution in [0.3, 0.4) is 0 Å². The first-order chi connectivity index (χ1) is 8.58. The Balaban J connectivity index is 2.12. The Labute approximate surface area is 115 Å². The van der Waals surface area contributed by atoms with Gasteiger partial charge in [-0.05, 0) is 43.5 Å². The van der Waals surface area contributed by atoms with Crippen molar-refractivity contribution in [1.82, 2.24) is 5.32 Å². The van der Waals surface area contributed by atoms with Gasteiger partial charge in [-0.15, -0.1) is 0 Å². The number of nitrogens with one attached hydrogen (secondary N) is 1. The Morgan fingerprint density at radius 3 is 2.72 bits per heavy atom. The van der Waals surface area contributed by atoms with Crippen molar-refractivity contribution in [2.24, 2.45) is 11.8 Å². The zero-order valence-electron chi connectivity index (χ0n) is 11.4. The molecule has 2 rings (SSSR count). The summed E-state index contributed by atoms with van der Waals surface area (Å²) in [6.07, 6.45) is 1.42. The molecule has 0 spiro atoms. The molecule has 2 atom stereocenters. The number of hydrogen-bond acceptors (Lipinski definition) is 2. The molecule has 0 aromatic heterocycles. The zero-order valence-corrected chi connectivity index (χ0v) is 12.1. The van der Waals surface area contributed by atoms with Gasteiger partial charge in [-0.1, -0.05) is 31.5 Å². The summed E-state index contributed by atoms with van der Waals surface area (Å²) in [5, 5.41) is 4.12. The van der Waals surface area contributed by atoms with Gasteiger partial charge in [-0.25, -0.2) is 0 Å². The van der Waals surface area contributed by atoms with Gasteiger partial charge in [0.25, 0.3) is 0 Å². The molecule has 1 saturated heterocycles. The average molecular weight is 268 g/mol. The predicted octanol–water partition coefficient (Wildman–Crippen LogP) is 3.66. The minimum Gasteiger partial charge on any atom is -0.488 e. The summed E-state index contributed by atoms with van der Waals surface area (Å²) in [6.45, 7) is 8.61. The number of ether oxygens (including phenoxy) is 1. The maximum Gasteiger partial charge on any atom is 0.138 e.